The van der Waals surface area contributed by atoms with Gasteiger partial charge in [0.05, 0.1) is 20.2 Å². The molecular formula is C17H24N4OS. The summed E-state index contributed by atoms with van der Waals surface area (Å²) in [6.07, 6.45) is 2.98. The van der Waals surface area contributed by atoms with Crippen molar-refractivity contribution in [2.24, 2.45) is 4.99 Å². The smallest absolute Gasteiger partial charge is 0.191 e. The Morgan fingerprint density at radius 3 is 2.61 bits per heavy atom. The quantitative estimate of drug-likeness (QED) is 0.604. The summed E-state index contributed by atoms with van der Waals surface area (Å²) in [5, 5.41) is 7.67. The van der Waals surface area contributed by atoms with Crippen molar-refractivity contribution >= 4 is 17.3 Å². The number of aromatic nitrogens is 1. The minimum Gasteiger partial charge on any atom is -0.497 e. The molecule has 0 aliphatic rings. The molecule has 6 heteroatoms. The lowest BCUT2D eigenvalue weighted by Crippen LogP contribution is -2.36. The summed E-state index contributed by atoms with van der Waals surface area (Å²) in [5.74, 6) is 1.66. The Kier molecular flexibility index (Phi) is 6.87. The van der Waals surface area contributed by atoms with Crippen LogP contribution in [0.4, 0.5) is 0 Å². The van der Waals surface area contributed by atoms with E-state index in [1.165, 1.54) is 4.88 Å². The van der Waals surface area contributed by atoms with Crippen molar-refractivity contribution in [1.82, 2.24) is 15.6 Å². The van der Waals surface area contributed by atoms with Gasteiger partial charge in [-0.15, -0.1) is 11.3 Å². The molecule has 0 bridgehead atoms. The molecule has 5 nitrogen and oxygen atoms in total. The number of rotatable bonds is 7. The maximum absolute atomic E-state index is 5.17. The number of nitrogens with zero attached hydrogens (tertiary/aromatic N) is 2. The van der Waals surface area contributed by atoms with Crippen LogP contribution in [0.1, 0.15) is 29.3 Å². The molecule has 2 aromatic rings. The number of nitrogens with one attached hydrogen (secondary N) is 2. The molecule has 0 saturated carbocycles. The fraction of sp³-hybridized carbons (Fsp3) is 0.412. The predicted molar refractivity (Wildman–Crippen MR) is 96.1 cm³/mol. The summed E-state index contributed by atoms with van der Waals surface area (Å²) in [6.45, 7) is 6.34. The monoisotopic (exact) mass is 332 g/mol. The van der Waals surface area contributed by atoms with E-state index >= 15 is 0 Å². The first-order valence-corrected chi connectivity index (χ1v) is 8.65. The Hall–Kier alpha value is -2.08. The van der Waals surface area contributed by atoms with E-state index in [9.17, 15) is 0 Å². The molecule has 2 rings (SSSR count). The third-order valence-corrected chi connectivity index (χ3v) is 4.42. The maximum Gasteiger partial charge on any atom is 0.191 e. The van der Waals surface area contributed by atoms with Gasteiger partial charge in [0, 0.05) is 17.6 Å². The first-order valence-electron chi connectivity index (χ1n) is 7.83. The molecule has 0 fully saturated rings. The van der Waals surface area contributed by atoms with Crippen LogP contribution in [0.3, 0.4) is 0 Å². The molecule has 0 saturated heterocycles. The molecule has 2 N–H and O–H groups in total. The molecule has 1 aromatic carbocycles. The second-order valence-corrected chi connectivity index (χ2v) is 6.17. The van der Waals surface area contributed by atoms with Crippen LogP contribution >= 0.6 is 11.3 Å². The summed E-state index contributed by atoms with van der Waals surface area (Å²) in [5.41, 5.74) is 1.14. The highest BCUT2D eigenvalue weighted by Gasteiger charge is 2.03. The van der Waals surface area contributed by atoms with Gasteiger partial charge in [0.2, 0.25) is 0 Å². The Morgan fingerprint density at radius 2 is 2.00 bits per heavy atom. The largest absolute Gasteiger partial charge is 0.497 e. The Labute approximate surface area is 141 Å². The van der Waals surface area contributed by atoms with Gasteiger partial charge in [-0.25, -0.2) is 9.98 Å². The SMILES string of the molecule is CCNC(=NCc1ccc(OC)cc1)NCc1ncc(CC)s1. The highest BCUT2D eigenvalue weighted by molar-refractivity contribution is 7.11. The van der Waals surface area contributed by atoms with Crippen molar-refractivity contribution in [3.05, 3.63) is 45.9 Å². The molecule has 1 aromatic heterocycles. The number of hydrogen-bond acceptors (Lipinski definition) is 4. The van der Waals surface area contributed by atoms with E-state index in [1.807, 2.05) is 30.5 Å². The van der Waals surface area contributed by atoms with Crippen molar-refractivity contribution in [3.63, 3.8) is 0 Å². The summed E-state index contributed by atoms with van der Waals surface area (Å²) in [6, 6.07) is 7.96. The van der Waals surface area contributed by atoms with E-state index < -0.39 is 0 Å². The third-order valence-electron chi connectivity index (χ3n) is 3.28. The Morgan fingerprint density at radius 1 is 1.22 bits per heavy atom. The second kappa shape index (κ2) is 9.15. The first kappa shape index (κ1) is 17.3. The lowest BCUT2D eigenvalue weighted by molar-refractivity contribution is 0.414. The number of methoxy groups -OCH3 is 1. The number of guanidine groups is 1. The second-order valence-electron chi connectivity index (χ2n) is 4.97. The molecule has 0 radical (unpaired) electrons. The molecule has 0 aliphatic heterocycles. The number of benzene rings is 1. The van der Waals surface area contributed by atoms with E-state index in [0.29, 0.717) is 13.1 Å². The number of thiazole rings is 1. The van der Waals surface area contributed by atoms with Crippen molar-refractivity contribution in [3.8, 4) is 5.75 Å². The first-order chi connectivity index (χ1) is 11.2. The van der Waals surface area contributed by atoms with Crippen LogP contribution in [0, 0.1) is 0 Å². The van der Waals surface area contributed by atoms with Gasteiger partial charge in [-0.1, -0.05) is 19.1 Å². The van der Waals surface area contributed by atoms with Crippen molar-refractivity contribution in [2.75, 3.05) is 13.7 Å². The molecule has 0 atom stereocenters. The minimum absolute atomic E-state index is 0.622. The van der Waals surface area contributed by atoms with Gasteiger partial charge in [-0.3, -0.25) is 0 Å². The van der Waals surface area contributed by atoms with Crippen LogP contribution in [-0.2, 0) is 19.5 Å². The van der Waals surface area contributed by atoms with Crippen molar-refractivity contribution < 1.29 is 4.74 Å². The average Bonchev–Trinajstić information content (AvgIpc) is 3.06. The van der Waals surface area contributed by atoms with Crippen molar-refractivity contribution in [1.29, 1.82) is 0 Å². The van der Waals surface area contributed by atoms with E-state index in [0.717, 1.165) is 35.2 Å². The van der Waals surface area contributed by atoms with Gasteiger partial charge in [-0.05, 0) is 31.0 Å². The number of aryl methyl sites for hydroxylation is 1. The Balaban J connectivity index is 1.93. The zero-order valence-electron chi connectivity index (χ0n) is 13.9. The average molecular weight is 332 g/mol. The number of aliphatic imine (C=N–C) groups is 1. The summed E-state index contributed by atoms with van der Waals surface area (Å²) in [7, 11) is 1.67. The zero-order valence-corrected chi connectivity index (χ0v) is 14.7. The zero-order chi connectivity index (χ0) is 16.5. The van der Waals surface area contributed by atoms with Crippen LogP contribution in [0.5, 0.6) is 5.75 Å². The van der Waals surface area contributed by atoms with Crippen LogP contribution in [-0.4, -0.2) is 24.6 Å². The molecule has 1 heterocycles. The summed E-state index contributed by atoms with van der Waals surface area (Å²) < 4.78 is 5.17. The van der Waals surface area contributed by atoms with Gasteiger partial charge in [-0.2, -0.15) is 0 Å². The molecule has 0 spiro atoms. The lowest BCUT2D eigenvalue weighted by Gasteiger charge is -2.10. The number of hydrogen-bond donors (Lipinski definition) is 2. The molecule has 0 aliphatic carbocycles. The predicted octanol–water partition coefficient (Wildman–Crippen LogP) is 2.97. The van der Waals surface area contributed by atoms with E-state index in [-0.39, 0.29) is 0 Å². The molecule has 124 valence electrons. The fourth-order valence-corrected chi connectivity index (χ4v) is 2.80. The Bertz CT molecular complexity index is 622. The highest BCUT2D eigenvalue weighted by atomic mass is 32.1. The van der Waals surface area contributed by atoms with Gasteiger partial charge in [0.15, 0.2) is 5.96 Å². The van der Waals surface area contributed by atoms with Gasteiger partial charge in [0.1, 0.15) is 10.8 Å². The molecule has 0 amide bonds. The van der Waals surface area contributed by atoms with E-state index in [4.69, 9.17) is 4.74 Å². The normalized spacial score (nSPS) is 11.3. The number of ether oxygens (including phenoxy) is 1. The van der Waals surface area contributed by atoms with Crippen LogP contribution in [0.25, 0.3) is 0 Å². The third kappa shape index (κ3) is 5.56. The van der Waals surface area contributed by atoms with E-state index in [1.54, 1.807) is 18.4 Å². The summed E-state index contributed by atoms with van der Waals surface area (Å²) >= 11 is 1.74. The molecule has 0 unspecified atom stereocenters. The van der Waals surface area contributed by atoms with Gasteiger partial charge in [0.25, 0.3) is 0 Å². The highest BCUT2D eigenvalue weighted by Crippen LogP contribution is 2.13. The summed E-state index contributed by atoms with van der Waals surface area (Å²) in [4.78, 5) is 10.3. The van der Waals surface area contributed by atoms with Gasteiger partial charge < -0.3 is 15.4 Å². The minimum atomic E-state index is 0.622. The topological polar surface area (TPSA) is 58.5 Å². The molecular weight excluding hydrogens is 308 g/mol. The van der Waals surface area contributed by atoms with Gasteiger partial charge >= 0.3 is 0 Å². The van der Waals surface area contributed by atoms with Crippen LogP contribution in [0.15, 0.2) is 35.5 Å². The van der Waals surface area contributed by atoms with Crippen LogP contribution in [0.2, 0.25) is 0 Å². The van der Waals surface area contributed by atoms with E-state index in [2.05, 4.69) is 34.5 Å². The maximum atomic E-state index is 5.17. The fourth-order valence-electron chi connectivity index (χ4n) is 2.00. The van der Waals surface area contributed by atoms with Crippen molar-refractivity contribution in [2.45, 2.75) is 33.4 Å². The standard InChI is InChI=1S/C17H24N4OS/c1-4-15-11-19-16(23-15)12-21-17(18-5-2)20-10-13-6-8-14(22-3)9-7-13/h6-9,11H,4-5,10,12H2,1-3H3,(H2,18,20,21). The van der Waals surface area contributed by atoms with Crippen LogP contribution < -0.4 is 15.4 Å². The molecule has 23 heavy (non-hydrogen) atoms. The lowest BCUT2D eigenvalue weighted by atomic mass is 10.2.